The fourth-order valence-electron chi connectivity index (χ4n) is 3.97. The molecule has 1 aliphatic heterocycles. The van der Waals surface area contributed by atoms with E-state index in [4.69, 9.17) is 4.74 Å². The molecule has 126 valence electrons. The van der Waals surface area contributed by atoms with Crippen molar-refractivity contribution in [3.8, 4) is 5.75 Å². The summed E-state index contributed by atoms with van der Waals surface area (Å²) < 4.78 is 20.5. The van der Waals surface area contributed by atoms with Crippen LogP contribution in [0.1, 0.15) is 50.0 Å². The Hall–Kier alpha value is -1.46. The quantitative estimate of drug-likeness (QED) is 0.866. The van der Waals surface area contributed by atoms with Gasteiger partial charge in [-0.15, -0.1) is 0 Å². The third kappa shape index (κ3) is 2.66. The number of hydrogen-bond acceptors (Lipinski definition) is 4. The summed E-state index contributed by atoms with van der Waals surface area (Å²) in [5, 5.41) is 9.39. The van der Waals surface area contributed by atoms with Crippen molar-refractivity contribution in [2.75, 3.05) is 20.3 Å². The van der Waals surface area contributed by atoms with E-state index in [1.54, 1.807) is 19.2 Å². The molecule has 1 heterocycles. The molecule has 1 fully saturated rings. The molecule has 0 aromatic heterocycles. The van der Waals surface area contributed by atoms with Crippen molar-refractivity contribution in [3.05, 3.63) is 29.3 Å². The highest BCUT2D eigenvalue weighted by atomic mass is 19.1. The lowest BCUT2D eigenvalue weighted by Crippen LogP contribution is -2.46. The normalized spacial score (nSPS) is 24.7. The SMILES string of the molecule is COc1ccc2c(c1)C1(CCC(=O)CC1)N(C[C@@H](C)CO)C2F. The van der Waals surface area contributed by atoms with Crippen molar-refractivity contribution in [2.45, 2.75) is 44.4 Å². The number of rotatable bonds is 4. The van der Waals surface area contributed by atoms with Gasteiger partial charge in [0.15, 0.2) is 6.30 Å². The summed E-state index contributed by atoms with van der Waals surface area (Å²) in [6.07, 6.45) is 1.02. The fourth-order valence-corrected chi connectivity index (χ4v) is 3.97. The number of aliphatic hydroxyl groups is 1. The zero-order valence-electron chi connectivity index (χ0n) is 13.7. The van der Waals surface area contributed by atoms with Gasteiger partial charge in [-0.25, -0.2) is 4.39 Å². The van der Waals surface area contributed by atoms with Crippen LogP contribution in [0.2, 0.25) is 0 Å². The molecule has 1 spiro atoms. The Balaban J connectivity index is 2.05. The first-order valence-corrected chi connectivity index (χ1v) is 8.23. The number of aliphatic hydroxyl groups excluding tert-OH is 1. The predicted molar refractivity (Wildman–Crippen MR) is 85.0 cm³/mol. The van der Waals surface area contributed by atoms with Gasteiger partial charge in [0, 0.05) is 31.6 Å². The molecule has 1 aliphatic carbocycles. The van der Waals surface area contributed by atoms with Crippen molar-refractivity contribution >= 4 is 5.78 Å². The summed E-state index contributed by atoms with van der Waals surface area (Å²) >= 11 is 0. The Morgan fingerprint density at radius 1 is 1.43 bits per heavy atom. The molecule has 23 heavy (non-hydrogen) atoms. The molecule has 2 aliphatic rings. The first kappa shape index (κ1) is 16.4. The molecule has 1 unspecified atom stereocenters. The van der Waals surface area contributed by atoms with Crippen LogP contribution in [0, 0.1) is 5.92 Å². The average Bonchev–Trinajstić information content (AvgIpc) is 2.79. The van der Waals surface area contributed by atoms with E-state index in [0.717, 1.165) is 5.56 Å². The summed E-state index contributed by atoms with van der Waals surface area (Å²) in [5.74, 6) is 0.945. The lowest BCUT2D eigenvalue weighted by Gasteiger charge is -2.43. The van der Waals surface area contributed by atoms with Crippen molar-refractivity contribution < 1.29 is 19.0 Å². The van der Waals surface area contributed by atoms with Crippen LogP contribution < -0.4 is 4.74 Å². The number of carbonyl (C=O) groups is 1. The summed E-state index contributed by atoms with van der Waals surface area (Å²) in [5.41, 5.74) is 1.16. The molecule has 1 saturated carbocycles. The summed E-state index contributed by atoms with van der Waals surface area (Å²) in [4.78, 5) is 13.6. The monoisotopic (exact) mass is 321 g/mol. The number of carbonyl (C=O) groups excluding carboxylic acids is 1. The smallest absolute Gasteiger partial charge is 0.180 e. The third-order valence-electron chi connectivity index (χ3n) is 5.30. The van der Waals surface area contributed by atoms with E-state index in [0.29, 0.717) is 43.5 Å². The number of alkyl halides is 1. The van der Waals surface area contributed by atoms with Gasteiger partial charge in [-0.1, -0.05) is 13.0 Å². The summed E-state index contributed by atoms with van der Waals surface area (Å²) in [6, 6.07) is 5.49. The van der Waals surface area contributed by atoms with Crippen molar-refractivity contribution in [2.24, 2.45) is 5.92 Å². The largest absolute Gasteiger partial charge is 0.497 e. The van der Waals surface area contributed by atoms with Crippen LogP contribution in [-0.4, -0.2) is 36.1 Å². The van der Waals surface area contributed by atoms with Gasteiger partial charge in [-0.2, -0.15) is 0 Å². The molecule has 1 aromatic rings. The Labute approximate surface area is 136 Å². The minimum absolute atomic E-state index is 0.0149. The number of nitrogens with zero attached hydrogens (tertiary/aromatic N) is 1. The molecular weight excluding hydrogens is 297 g/mol. The molecule has 5 heteroatoms. The van der Waals surface area contributed by atoms with Crippen molar-refractivity contribution in [1.82, 2.24) is 4.90 Å². The maximum Gasteiger partial charge on any atom is 0.180 e. The molecule has 2 atom stereocenters. The molecular formula is C18H24FNO3. The van der Waals surface area contributed by atoms with Crippen molar-refractivity contribution in [3.63, 3.8) is 0 Å². The van der Waals surface area contributed by atoms with Gasteiger partial charge >= 0.3 is 0 Å². The maximum absolute atomic E-state index is 15.2. The highest BCUT2D eigenvalue weighted by Crippen LogP contribution is 2.54. The molecule has 1 N–H and O–H groups in total. The minimum atomic E-state index is -1.20. The number of Topliss-reactive ketones (excluding diaryl/α,β-unsaturated/α-hetero) is 1. The Morgan fingerprint density at radius 3 is 2.74 bits per heavy atom. The van der Waals surface area contributed by atoms with E-state index in [1.807, 2.05) is 17.9 Å². The van der Waals surface area contributed by atoms with Crippen LogP contribution >= 0.6 is 0 Å². The number of fused-ring (bicyclic) bond motifs is 2. The van der Waals surface area contributed by atoms with Gasteiger partial charge < -0.3 is 9.84 Å². The van der Waals surface area contributed by atoms with Crippen LogP contribution in [0.5, 0.6) is 5.75 Å². The average molecular weight is 321 g/mol. The number of benzene rings is 1. The zero-order valence-corrected chi connectivity index (χ0v) is 13.7. The lowest BCUT2D eigenvalue weighted by molar-refractivity contribution is -0.125. The van der Waals surface area contributed by atoms with Crippen LogP contribution in [0.4, 0.5) is 4.39 Å². The highest BCUT2D eigenvalue weighted by Gasteiger charge is 2.52. The fraction of sp³-hybridized carbons (Fsp3) is 0.611. The predicted octanol–water partition coefficient (Wildman–Crippen LogP) is 2.95. The van der Waals surface area contributed by atoms with E-state index in [-0.39, 0.29) is 18.3 Å². The van der Waals surface area contributed by atoms with Gasteiger partial charge in [0.05, 0.1) is 12.6 Å². The zero-order chi connectivity index (χ0) is 16.6. The number of halogens is 1. The van der Waals surface area contributed by atoms with Gasteiger partial charge in [0.1, 0.15) is 11.5 Å². The first-order valence-electron chi connectivity index (χ1n) is 8.23. The third-order valence-corrected chi connectivity index (χ3v) is 5.30. The maximum atomic E-state index is 15.2. The minimum Gasteiger partial charge on any atom is -0.497 e. The van der Waals surface area contributed by atoms with Crippen LogP contribution in [-0.2, 0) is 10.3 Å². The number of ketones is 1. The van der Waals surface area contributed by atoms with Crippen molar-refractivity contribution in [1.29, 1.82) is 0 Å². The molecule has 1 aromatic carbocycles. The highest BCUT2D eigenvalue weighted by molar-refractivity contribution is 5.79. The van der Waals surface area contributed by atoms with Gasteiger partial charge in [-0.3, -0.25) is 9.69 Å². The number of ether oxygens (including phenoxy) is 1. The molecule has 3 rings (SSSR count). The van der Waals surface area contributed by atoms with Crippen LogP contribution in [0.15, 0.2) is 18.2 Å². The second kappa shape index (κ2) is 6.21. The molecule has 0 bridgehead atoms. The van der Waals surface area contributed by atoms with Crippen LogP contribution in [0.3, 0.4) is 0 Å². The topological polar surface area (TPSA) is 49.8 Å². The van der Waals surface area contributed by atoms with E-state index in [9.17, 15) is 9.90 Å². The molecule has 0 saturated heterocycles. The first-order chi connectivity index (χ1) is 11.0. The van der Waals surface area contributed by atoms with Crippen LogP contribution in [0.25, 0.3) is 0 Å². The summed E-state index contributed by atoms with van der Waals surface area (Å²) in [7, 11) is 1.60. The Morgan fingerprint density at radius 2 is 2.13 bits per heavy atom. The Kier molecular flexibility index (Phi) is 4.43. The van der Waals surface area contributed by atoms with E-state index in [2.05, 4.69) is 0 Å². The standard InChI is InChI=1S/C18H24FNO3/c1-12(11-21)10-20-17(19)15-4-3-14(23-2)9-16(15)18(20)7-5-13(22)6-8-18/h3-4,9,12,17,21H,5-8,10-11H2,1-2H3/t12-,17?/m1/s1. The van der Waals surface area contributed by atoms with E-state index < -0.39 is 11.8 Å². The second-order valence-corrected chi connectivity index (χ2v) is 6.80. The number of hydrogen-bond donors (Lipinski definition) is 1. The molecule has 0 amide bonds. The number of methoxy groups -OCH3 is 1. The van der Waals surface area contributed by atoms with Gasteiger partial charge in [0.25, 0.3) is 0 Å². The van der Waals surface area contributed by atoms with E-state index >= 15 is 4.39 Å². The van der Waals surface area contributed by atoms with Gasteiger partial charge in [-0.05, 0) is 36.5 Å². The molecule has 4 nitrogen and oxygen atoms in total. The Bertz CT molecular complexity index is 594. The van der Waals surface area contributed by atoms with Gasteiger partial charge in [0.2, 0.25) is 0 Å². The molecule has 0 radical (unpaired) electrons. The lowest BCUT2D eigenvalue weighted by atomic mass is 9.76. The summed E-state index contributed by atoms with van der Waals surface area (Å²) in [6.45, 7) is 2.42. The van der Waals surface area contributed by atoms with E-state index in [1.165, 1.54) is 0 Å². The second-order valence-electron chi connectivity index (χ2n) is 6.80.